The number of hydrogen-bond acceptors (Lipinski definition) is 3. The van der Waals surface area contributed by atoms with Crippen LogP contribution in [0.5, 0.6) is 0 Å². The molecule has 1 saturated heterocycles. The number of likely N-dealkylation sites (tertiary alicyclic amines) is 1. The quantitative estimate of drug-likeness (QED) is 0.597. The van der Waals surface area contributed by atoms with Crippen molar-refractivity contribution < 1.29 is 5.11 Å². The van der Waals surface area contributed by atoms with Crippen LogP contribution in [0.15, 0.2) is 0 Å². The highest BCUT2D eigenvalue weighted by Crippen LogP contribution is 2.17. The van der Waals surface area contributed by atoms with E-state index >= 15 is 0 Å². The van der Waals surface area contributed by atoms with E-state index in [1.807, 2.05) is 0 Å². The fourth-order valence-electron chi connectivity index (χ4n) is 1.62. The Bertz CT molecular complexity index is 129. The average molecular weight is 158 g/mol. The first-order valence-corrected chi connectivity index (χ1v) is 4.32. The molecule has 0 aromatic heterocycles. The molecule has 1 fully saturated rings. The third-order valence-corrected chi connectivity index (χ3v) is 2.32. The maximum absolute atomic E-state index is 8.96. The molecule has 66 valence electrons. The molecule has 0 radical (unpaired) electrons. The summed E-state index contributed by atoms with van der Waals surface area (Å²) in [5.74, 6) is 0. The number of aliphatic hydroxyl groups is 1. The highest BCUT2D eigenvalue weighted by atomic mass is 16.3. The van der Waals surface area contributed by atoms with Crippen molar-refractivity contribution in [3.63, 3.8) is 0 Å². The van der Waals surface area contributed by atoms with Crippen molar-refractivity contribution in [1.82, 2.24) is 4.90 Å². The van der Waals surface area contributed by atoms with Gasteiger partial charge in [0.25, 0.3) is 0 Å². The van der Waals surface area contributed by atoms with Crippen molar-refractivity contribution in [2.45, 2.75) is 25.3 Å². The van der Waals surface area contributed by atoms with Gasteiger partial charge >= 0.3 is 0 Å². The Hall–Kier alpha value is -0.120. The van der Waals surface area contributed by atoms with Crippen molar-refractivity contribution in [3.8, 4) is 0 Å². The van der Waals surface area contributed by atoms with E-state index in [0.717, 1.165) is 26.1 Å². The molecule has 3 N–H and O–H groups in total. The summed E-state index contributed by atoms with van der Waals surface area (Å²) in [6.07, 6.45) is 2.10. The normalized spacial score (nSPS) is 33.0. The summed E-state index contributed by atoms with van der Waals surface area (Å²) >= 11 is 0. The van der Waals surface area contributed by atoms with Gasteiger partial charge in [-0.25, -0.2) is 0 Å². The van der Waals surface area contributed by atoms with Gasteiger partial charge in [-0.15, -0.1) is 0 Å². The smallest absolute Gasteiger partial charge is 0.0624 e. The van der Waals surface area contributed by atoms with Crippen LogP contribution in [-0.2, 0) is 0 Å². The predicted molar refractivity (Wildman–Crippen MR) is 45.4 cm³/mol. The number of rotatable bonds is 3. The van der Waals surface area contributed by atoms with Gasteiger partial charge in [-0.05, 0) is 19.4 Å². The highest BCUT2D eigenvalue weighted by Gasteiger charge is 2.32. The first-order chi connectivity index (χ1) is 5.20. The van der Waals surface area contributed by atoms with Gasteiger partial charge in [0.15, 0.2) is 0 Å². The topological polar surface area (TPSA) is 49.5 Å². The van der Waals surface area contributed by atoms with Gasteiger partial charge in [0, 0.05) is 13.1 Å². The second-order valence-electron chi connectivity index (χ2n) is 3.55. The molecular formula is C8H18N2O. The zero-order chi connectivity index (χ0) is 8.32. The van der Waals surface area contributed by atoms with E-state index in [1.54, 1.807) is 0 Å². The summed E-state index contributed by atoms with van der Waals surface area (Å²) in [6.45, 7) is 5.30. The van der Waals surface area contributed by atoms with Gasteiger partial charge < -0.3 is 15.7 Å². The van der Waals surface area contributed by atoms with E-state index in [0.29, 0.717) is 0 Å². The van der Waals surface area contributed by atoms with Crippen LogP contribution in [-0.4, -0.2) is 41.8 Å². The third kappa shape index (κ3) is 2.15. The van der Waals surface area contributed by atoms with Crippen molar-refractivity contribution >= 4 is 0 Å². The van der Waals surface area contributed by atoms with Crippen LogP contribution in [0.3, 0.4) is 0 Å². The third-order valence-electron chi connectivity index (χ3n) is 2.32. The van der Waals surface area contributed by atoms with E-state index < -0.39 is 0 Å². The van der Waals surface area contributed by atoms with Crippen LogP contribution in [0, 0.1) is 0 Å². The second kappa shape index (κ2) is 3.52. The summed E-state index contributed by atoms with van der Waals surface area (Å²) < 4.78 is 0. The summed E-state index contributed by atoms with van der Waals surface area (Å²) in [4.78, 5) is 2.32. The van der Waals surface area contributed by atoms with Gasteiger partial charge in [0.2, 0.25) is 0 Å². The molecule has 1 unspecified atom stereocenters. The lowest BCUT2D eigenvalue weighted by Crippen LogP contribution is -2.46. The summed E-state index contributed by atoms with van der Waals surface area (Å²) in [7, 11) is 0. The Balaban J connectivity index is 2.33. The molecule has 3 heteroatoms. The van der Waals surface area contributed by atoms with Crippen LogP contribution < -0.4 is 5.73 Å². The summed E-state index contributed by atoms with van der Waals surface area (Å²) in [5.41, 5.74) is 5.58. The van der Waals surface area contributed by atoms with Crippen LogP contribution in [0.25, 0.3) is 0 Å². The molecule has 0 spiro atoms. The minimum atomic E-state index is -0.310. The number of aliphatic hydroxyl groups excluding tert-OH is 1. The minimum Gasteiger partial charge on any atom is -0.394 e. The lowest BCUT2D eigenvalue weighted by molar-refractivity contribution is 0.193. The van der Waals surface area contributed by atoms with Gasteiger partial charge in [0.05, 0.1) is 12.1 Å². The zero-order valence-electron chi connectivity index (χ0n) is 7.21. The fraction of sp³-hybridized carbons (Fsp3) is 1.00. The minimum absolute atomic E-state index is 0.118. The monoisotopic (exact) mass is 158 g/mol. The van der Waals surface area contributed by atoms with E-state index in [2.05, 4.69) is 11.8 Å². The Labute approximate surface area is 68.2 Å². The molecule has 1 rings (SSSR count). The molecule has 0 saturated carbocycles. The Morgan fingerprint density at radius 2 is 2.36 bits per heavy atom. The van der Waals surface area contributed by atoms with E-state index in [4.69, 9.17) is 10.8 Å². The largest absolute Gasteiger partial charge is 0.394 e. The molecule has 1 heterocycles. The number of nitrogens with zero attached hydrogens (tertiary/aromatic N) is 1. The van der Waals surface area contributed by atoms with Crippen molar-refractivity contribution in [3.05, 3.63) is 0 Å². The predicted octanol–water partition coefficient (Wildman–Crippen LogP) is -0.208. The number of hydrogen-bond donors (Lipinski definition) is 2. The standard InChI is InChI=1S/C8H18N2O/c1-2-4-10-5-3-8(9,6-10)7-11/h11H,2-7,9H2,1H3. The lowest BCUT2D eigenvalue weighted by atomic mass is 10.0. The molecule has 3 nitrogen and oxygen atoms in total. The molecule has 1 atom stereocenters. The molecule has 1 aliphatic heterocycles. The molecule has 0 aromatic carbocycles. The molecule has 11 heavy (non-hydrogen) atoms. The van der Waals surface area contributed by atoms with Crippen molar-refractivity contribution in [1.29, 1.82) is 0 Å². The number of nitrogens with two attached hydrogens (primary N) is 1. The molecule has 0 bridgehead atoms. The van der Waals surface area contributed by atoms with Crippen LogP contribution >= 0.6 is 0 Å². The Morgan fingerprint density at radius 3 is 2.82 bits per heavy atom. The second-order valence-corrected chi connectivity index (χ2v) is 3.55. The maximum Gasteiger partial charge on any atom is 0.0624 e. The van der Waals surface area contributed by atoms with Gasteiger partial charge in [-0.3, -0.25) is 0 Å². The van der Waals surface area contributed by atoms with Crippen LogP contribution in [0.1, 0.15) is 19.8 Å². The first kappa shape index (κ1) is 8.97. The van der Waals surface area contributed by atoms with E-state index in [1.165, 1.54) is 6.42 Å². The average Bonchev–Trinajstić information content (AvgIpc) is 2.35. The molecule has 0 amide bonds. The Morgan fingerprint density at radius 1 is 1.64 bits per heavy atom. The van der Waals surface area contributed by atoms with E-state index in [9.17, 15) is 0 Å². The van der Waals surface area contributed by atoms with Crippen molar-refractivity contribution in [2.24, 2.45) is 5.73 Å². The zero-order valence-corrected chi connectivity index (χ0v) is 7.21. The lowest BCUT2D eigenvalue weighted by Gasteiger charge is -2.21. The van der Waals surface area contributed by atoms with Crippen molar-refractivity contribution in [2.75, 3.05) is 26.2 Å². The van der Waals surface area contributed by atoms with E-state index in [-0.39, 0.29) is 12.1 Å². The maximum atomic E-state index is 8.96. The fourth-order valence-corrected chi connectivity index (χ4v) is 1.62. The Kier molecular flexibility index (Phi) is 2.87. The summed E-state index contributed by atoms with van der Waals surface area (Å²) in [6, 6.07) is 0. The van der Waals surface area contributed by atoms with Gasteiger partial charge in [-0.2, -0.15) is 0 Å². The van der Waals surface area contributed by atoms with Gasteiger partial charge in [-0.1, -0.05) is 6.92 Å². The first-order valence-electron chi connectivity index (χ1n) is 4.32. The SMILES string of the molecule is CCCN1CCC(N)(CO)C1. The molecule has 0 aromatic rings. The molecule has 1 aliphatic rings. The van der Waals surface area contributed by atoms with Crippen LogP contribution in [0.2, 0.25) is 0 Å². The summed E-state index contributed by atoms with van der Waals surface area (Å²) in [5, 5.41) is 8.96. The van der Waals surface area contributed by atoms with Crippen LogP contribution in [0.4, 0.5) is 0 Å². The molecule has 0 aliphatic carbocycles. The molecular weight excluding hydrogens is 140 g/mol. The highest BCUT2D eigenvalue weighted by molar-refractivity contribution is 4.93. The van der Waals surface area contributed by atoms with Gasteiger partial charge in [0.1, 0.15) is 0 Å².